The molecule has 0 amide bonds. The normalized spacial score (nSPS) is 18.0. The summed E-state index contributed by atoms with van der Waals surface area (Å²) < 4.78 is 0. The van der Waals surface area contributed by atoms with Crippen LogP contribution in [0.4, 0.5) is 0 Å². The summed E-state index contributed by atoms with van der Waals surface area (Å²) in [6.07, 6.45) is 8.17. The van der Waals surface area contributed by atoms with Gasteiger partial charge in [-0.1, -0.05) is 6.08 Å². The van der Waals surface area contributed by atoms with E-state index in [2.05, 4.69) is 11.4 Å². The molecule has 8 heavy (non-hydrogen) atoms. The van der Waals surface area contributed by atoms with E-state index >= 15 is 0 Å². The predicted molar refractivity (Wildman–Crippen MR) is 38.2 cm³/mol. The maximum absolute atomic E-state index is 3.17. The summed E-state index contributed by atoms with van der Waals surface area (Å²) in [4.78, 5) is 0. The van der Waals surface area contributed by atoms with Gasteiger partial charge >= 0.3 is 0 Å². The summed E-state index contributed by atoms with van der Waals surface area (Å²) in [6, 6.07) is 0. The molecule has 0 bridgehead atoms. The zero-order chi connectivity index (χ0) is 4.95. The van der Waals surface area contributed by atoms with Gasteiger partial charge in [0.05, 0.1) is 0 Å². The first-order valence-corrected chi connectivity index (χ1v) is 2.88. The first-order valence-electron chi connectivity index (χ1n) is 2.88. The molecule has 0 aromatic rings. The van der Waals surface area contributed by atoms with Crippen LogP contribution in [0.15, 0.2) is 12.3 Å². The van der Waals surface area contributed by atoms with Crippen LogP contribution in [0.5, 0.6) is 0 Å². The number of hydrogen-bond acceptors (Lipinski definition) is 1. The molecule has 2 heteroatoms. The second-order valence-corrected chi connectivity index (χ2v) is 1.85. The third-order valence-corrected chi connectivity index (χ3v) is 1.18. The highest BCUT2D eigenvalue weighted by Gasteiger charge is 1.86. The lowest BCUT2D eigenvalue weighted by Crippen LogP contribution is -2.03. The molecule has 1 aliphatic rings. The average Bonchev–Trinajstić information content (AvgIpc) is 1.90. The van der Waals surface area contributed by atoms with Crippen LogP contribution in [0, 0.1) is 0 Å². The van der Waals surface area contributed by atoms with E-state index in [1.807, 2.05) is 6.20 Å². The molecule has 0 unspecified atom stereocenters. The van der Waals surface area contributed by atoms with Crippen molar-refractivity contribution in [2.45, 2.75) is 19.3 Å². The topological polar surface area (TPSA) is 12.0 Å². The Morgan fingerprint density at radius 1 is 1.25 bits per heavy atom. The van der Waals surface area contributed by atoms with E-state index < -0.39 is 0 Å². The number of nitrogens with one attached hydrogen (secondary N) is 1. The van der Waals surface area contributed by atoms with Gasteiger partial charge in [0.25, 0.3) is 0 Å². The monoisotopic (exact) mass is 133 g/mol. The number of rotatable bonds is 0. The van der Waals surface area contributed by atoms with Crippen LogP contribution in [-0.2, 0) is 0 Å². The maximum Gasteiger partial charge on any atom is 0.0141 e. The lowest BCUT2D eigenvalue weighted by molar-refractivity contribution is 0.730. The van der Waals surface area contributed by atoms with Gasteiger partial charge in [0.1, 0.15) is 0 Å². The lowest BCUT2D eigenvalue weighted by atomic mass is 10.2. The van der Waals surface area contributed by atoms with E-state index in [9.17, 15) is 0 Å². The summed E-state index contributed by atoms with van der Waals surface area (Å²) in [6.45, 7) is 1.16. The minimum atomic E-state index is 0. The first kappa shape index (κ1) is 7.83. The van der Waals surface area contributed by atoms with Crippen LogP contribution < -0.4 is 5.32 Å². The Bertz CT molecular complexity index is 62.9. The fraction of sp³-hybridized carbons (Fsp3) is 0.667. The van der Waals surface area contributed by atoms with E-state index in [-0.39, 0.29) is 12.4 Å². The Kier molecular flexibility index (Phi) is 4.87. The molecule has 0 aromatic heterocycles. The highest BCUT2D eigenvalue weighted by molar-refractivity contribution is 5.85. The molecule has 0 fully saturated rings. The van der Waals surface area contributed by atoms with Crippen LogP contribution >= 0.6 is 12.4 Å². The number of allylic oxidation sites excluding steroid dienone is 1. The lowest BCUT2D eigenvalue weighted by Gasteiger charge is -1.90. The van der Waals surface area contributed by atoms with Gasteiger partial charge in [-0.3, -0.25) is 0 Å². The summed E-state index contributed by atoms with van der Waals surface area (Å²) >= 11 is 0. The Labute approximate surface area is 56.6 Å². The van der Waals surface area contributed by atoms with Crippen LogP contribution in [0.2, 0.25) is 0 Å². The van der Waals surface area contributed by atoms with E-state index in [0.717, 1.165) is 6.54 Å². The zero-order valence-electron chi connectivity index (χ0n) is 4.89. The molecule has 1 nitrogen and oxygen atoms in total. The second-order valence-electron chi connectivity index (χ2n) is 1.85. The van der Waals surface area contributed by atoms with Crippen LogP contribution in [0.25, 0.3) is 0 Å². The average molecular weight is 134 g/mol. The van der Waals surface area contributed by atoms with Gasteiger partial charge in [-0.15, -0.1) is 12.4 Å². The Morgan fingerprint density at radius 2 is 2.12 bits per heavy atom. The Balaban J connectivity index is 0.000000490. The van der Waals surface area contributed by atoms with Crippen molar-refractivity contribution in [2.24, 2.45) is 0 Å². The van der Waals surface area contributed by atoms with Gasteiger partial charge < -0.3 is 5.32 Å². The highest BCUT2D eigenvalue weighted by Crippen LogP contribution is 1.97. The van der Waals surface area contributed by atoms with Crippen molar-refractivity contribution >= 4 is 12.4 Å². The van der Waals surface area contributed by atoms with E-state index in [4.69, 9.17) is 0 Å². The zero-order valence-corrected chi connectivity index (χ0v) is 5.71. The largest absolute Gasteiger partial charge is 0.391 e. The van der Waals surface area contributed by atoms with Gasteiger partial charge in [0.15, 0.2) is 0 Å². The van der Waals surface area contributed by atoms with Crippen molar-refractivity contribution in [3.63, 3.8) is 0 Å². The maximum atomic E-state index is 3.17. The van der Waals surface area contributed by atoms with Crippen LogP contribution in [0.1, 0.15) is 19.3 Å². The molecule has 0 aliphatic carbocycles. The number of hydrogen-bond donors (Lipinski definition) is 1. The SMILES string of the molecule is C1=CNCCCC1.Cl. The first-order chi connectivity index (χ1) is 3.50. The van der Waals surface area contributed by atoms with Crippen molar-refractivity contribution in [1.29, 1.82) is 0 Å². The molecule has 0 saturated carbocycles. The van der Waals surface area contributed by atoms with E-state index in [1.165, 1.54) is 19.3 Å². The van der Waals surface area contributed by atoms with Gasteiger partial charge in [0.2, 0.25) is 0 Å². The third kappa shape index (κ3) is 2.92. The van der Waals surface area contributed by atoms with Crippen LogP contribution in [0.3, 0.4) is 0 Å². The summed E-state index contributed by atoms with van der Waals surface area (Å²) in [5.74, 6) is 0. The predicted octanol–water partition coefficient (Wildman–Crippen LogP) is 1.70. The number of halogens is 1. The third-order valence-electron chi connectivity index (χ3n) is 1.18. The summed E-state index contributed by atoms with van der Waals surface area (Å²) in [5, 5.41) is 3.17. The molecule has 0 saturated heterocycles. The molecule has 0 aromatic carbocycles. The smallest absolute Gasteiger partial charge is 0.0141 e. The van der Waals surface area contributed by atoms with E-state index in [0.29, 0.717) is 0 Å². The fourth-order valence-electron chi connectivity index (χ4n) is 0.739. The van der Waals surface area contributed by atoms with Crippen molar-refractivity contribution < 1.29 is 0 Å². The Hall–Kier alpha value is -0.170. The molecule has 0 atom stereocenters. The summed E-state index contributed by atoms with van der Waals surface area (Å²) in [7, 11) is 0. The van der Waals surface area contributed by atoms with Gasteiger partial charge in [-0.2, -0.15) is 0 Å². The minimum absolute atomic E-state index is 0. The molecular formula is C6H12ClN. The van der Waals surface area contributed by atoms with Crippen molar-refractivity contribution in [2.75, 3.05) is 6.54 Å². The quantitative estimate of drug-likeness (QED) is 0.531. The summed E-state index contributed by atoms with van der Waals surface area (Å²) in [5.41, 5.74) is 0. The molecule has 1 heterocycles. The van der Waals surface area contributed by atoms with Crippen LogP contribution in [-0.4, -0.2) is 6.54 Å². The van der Waals surface area contributed by atoms with Gasteiger partial charge in [-0.25, -0.2) is 0 Å². The molecule has 48 valence electrons. The minimum Gasteiger partial charge on any atom is -0.391 e. The van der Waals surface area contributed by atoms with Crippen molar-refractivity contribution in [3.05, 3.63) is 12.3 Å². The molecule has 1 aliphatic heterocycles. The van der Waals surface area contributed by atoms with Crippen molar-refractivity contribution in [3.8, 4) is 0 Å². The molecule has 1 rings (SSSR count). The second kappa shape index (κ2) is 4.98. The van der Waals surface area contributed by atoms with Gasteiger partial charge in [0, 0.05) is 6.54 Å². The molecule has 0 radical (unpaired) electrons. The molecule has 1 N–H and O–H groups in total. The fourth-order valence-corrected chi connectivity index (χ4v) is 0.739. The highest BCUT2D eigenvalue weighted by atomic mass is 35.5. The van der Waals surface area contributed by atoms with Gasteiger partial charge in [-0.05, 0) is 25.5 Å². The standard InChI is InChI=1S/C6H11N.ClH/c1-2-4-6-7-5-3-1;/h3,5,7H,1-2,4,6H2;1H. The Morgan fingerprint density at radius 3 is 3.00 bits per heavy atom. The molecular weight excluding hydrogens is 122 g/mol. The molecule has 0 spiro atoms. The van der Waals surface area contributed by atoms with E-state index in [1.54, 1.807) is 0 Å². The van der Waals surface area contributed by atoms with Crippen molar-refractivity contribution in [1.82, 2.24) is 5.32 Å².